The molecule has 0 aliphatic carbocycles. The molecule has 1 aromatic rings. The maximum absolute atomic E-state index is 14.0. The Morgan fingerprint density at radius 1 is 1.43 bits per heavy atom. The van der Waals surface area contributed by atoms with Crippen molar-refractivity contribution in [2.24, 2.45) is 11.8 Å². The van der Waals surface area contributed by atoms with E-state index >= 15 is 0 Å². The van der Waals surface area contributed by atoms with E-state index in [1.807, 2.05) is 20.8 Å². The Hall–Kier alpha value is -1.29. The number of hydrogen-bond donors (Lipinski definition) is 0. The summed E-state index contributed by atoms with van der Waals surface area (Å²) in [7, 11) is 0. The lowest BCUT2D eigenvalue weighted by atomic mass is 9.82. The third-order valence-corrected chi connectivity index (χ3v) is 4.47. The number of piperidine rings is 1. The van der Waals surface area contributed by atoms with Crippen LogP contribution in [-0.2, 0) is 11.2 Å². The molecule has 1 aliphatic heterocycles. The first-order chi connectivity index (χ1) is 10.7. The van der Waals surface area contributed by atoms with Crippen LogP contribution in [0, 0.1) is 17.7 Å². The Bertz CT molecular complexity index is 571. The standard InChI is InChI=1S/C18H25ClFNO2/c1-12-11-21(17(22)23-18(2,3)4)8-7-13(12)9-14-5-6-15(19)10-16(14)20/h5-6,10,12-13H,7-9,11H2,1-4H3. The number of carbonyl (C=O) groups excluding carboxylic acids is 1. The number of halogens is 2. The SMILES string of the molecule is CC1CN(C(=O)OC(C)(C)C)CCC1Cc1ccc(Cl)cc1F. The van der Waals surface area contributed by atoms with E-state index in [0.29, 0.717) is 41.9 Å². The molecule has 1 heterocycles. The minimum atomic E-state index is -0.483. The molecule has 3 nitrogen and oxygen atoms in total. The zero-order valence-electron chi connectivity index (χ0n) is 14.2. The van der Waals surface area contributed by atoms with Crippen molar-refractivity contribution in [3.63, 3.8) is 0 Å². The van der Waals surface area contributed by atoms with Gasteiger partial charge in [0, 0.05) is 18.1 Å². The first kappa shape index (κ1) is 18.1. The first-order valence-corrected chi connectivity index (χ1v) is 8.45. The van der Waals surface area contributed by atoms with E-state index in [1.165, 1.54) is 6.07 Å². The topological polar surface area (TPSA) is 29.5 Å². The molecule has 1 saturated heterocycles. The van der Waals surface area contributed by atoms with Gasteiger partial charge in [-0.05, 0) is 63.1 Å². The van der Waals surface area contributed by atoms with Crippen LogP contribution in [0.25, 0.3) is 0 Å². The number of amides is 1. The second-order valence-electron chi connectivity index (χ2n) is 7.39. The molecule has 2 unspecified atom stereocenters. The summed E-state index contributed by atoms with van der Waals surface area (Å²) < 4.78 is 19.4. The van der Waals surface area contributed by atoms with Gasteiger partial charge in [-0.3, -0.25) is 0 Å². The van der Waals surface area contributed by atoms with E-state index in [-0.39, 0.29) is 11.9 Å². The molecule has 5 heteroatoms. The van der Waals surface area contributed by atoms with Crippen LogP contribution in [0.15, 0.2) is 18.2 Å². The van der Waals surface area contributed by atoms with Crippen LogP contribution in [0.5, 0.6) is 0 Å². The molecular weight excluding hydrogens is 317 g/mol. The molecule has 0 radical (unpaired) electrons. The van der Waals surface area contributed by atoms with Crippen LogP contribution in [0.4, 0.5) is 9.18 Å². The smallest absolute Gasteiger partial charge is 0.410 e. The van der Waals surface area contributed by atoms with Crippen molar-refractivity contribution in [2.75, 3.05) is 13.1 Å². The Labute approximate surface area is 142 Å². The molecule has 1 amide bonds. The van der Waals surface area contributed by atoms with Gasteiger partial charge in [-0.25, -0.2) is 9.18 Å². The number of likely N-dealkylation sites (tertiary alicyclic amines) is 1. The van der Waals surface area contributed by atoms with Crippen LogP contribution >= 0.6 is 11.6 Å². The summed E-state index contributed by atoms with van der Waals surface area (Å²) in [6.45, 7) is 9.00. The normalized spacial score (nSPS) is 22.1. The average Bonchev–Trinajstić information content (AvgIpc) is 2.41. The highest BCUT2D eigenvalue weighted by Gasteiger charge is 2.31. The zero-order chi connectivity index (χ0) is 17.2. The predicted octanol–water partition coefficient (Wildman–Crippen LogP) is 4.91. The quantitative estimate of drug-likeness (QED) is 0.764. The Balaban J connectivity index is 1.95. The van der Waals surface area contributed by atoms with Gasteiger partial charge in [0.1, 0.15) is 11.4 Å². The van der Waals surface area contributed by atoms with Crippen molar-refractivity contribution in [3.8, 4) is 0 Å². The molecule has 0 N–H and O–H groups in total. The van der Waals surface area contributed by atoms with Crippen molar-refractivity contribution in [2.45, 2.75) is 46.1 Å². The average molecular weight is 342 g/mol. The molecule has 0 bridgehead atoms. The third-order valence-electron chi connectivity index (χ3n) is 4.23. The minimum Gasteiger partial charge on any atom is -0.444 e. The highest BCUT2D eigenvalue weighted by atomic mass is 35.5. The van der Waals surface area contributed by atoms with Gasteiger partial charge in [-0.2, -0.15) is 0 Å². The molecule has 1 aliphatic rings. The number of hydrogen-bond acceptors (Lipinski definition) is 2. The van der Waals surface area contributed by atoms with Crippen LogP contribution in [-0.4, -0.2) is 29.7 Å². The molecule has 0 spiro atoms. The summed E-state index contributed by atoms with van der Waals surface area (Å²) in [4.78, 5) is 13.9. The second-order valence-corrected chi connectivity index (χ2v) is 7.83. The summed E-state index contributed by atoms with van der Waals surface area (Å²) in [6, 6.07) is 4.84. The maximum Gasteiger partial charge on any atom is 0.410 e. The van der Waals surface area contributed by atoms with Gasteiger partial charge in [0.25, 0.3) is 0 Å². The van der Waals surface area contributed by atoms with E-state index in [0.717, 1.165) is 6.42 Å². The van der Waals surface area contributed by atoms with Crippen molar-refractivity contribution in [3.05, 3.63) is 34.6 Å². The number of nitrogens with zero attached hydrogens (tertiary/aromatic N) is 1. The minimum absolute atomic E-state index is 0.251. The highest BCUT2D eigenvalue weighted by molar-refractivity contribution is 6.30. The van der Waals surface area contributed by atoms with Gasteiger partial charge in [0.05, 0.1) is 0 Å². The van der Waals surface area contributed by atoms with E-state index < -0.39 is 5.60 Å². The fourth-order valence-corrected chi connectivity index (χ4v) is 3.12. The Morgan fingerprint density at radius 3 is 2.70 bits per heavy atom. The summed E-state index contributed by atoms with van der Waals surface area (Å²) in [5.41, 5.74) is 0.209. The highest BCUT2D eigenvalue weighted by Crippen LogP contribution is 2.29. The lowest BCUT2D eigenvalue weighted by molar-refractivity contribution is 0.0116. The van der Waals surface area contributed by atoms with Crippen LogP contribution in [0.1, 0.15) is 39.7 Å². The predicted molar refractivity (Wildman–Crippen MR) is 90.2 cm³/mol. The van der Waals surface area contributed by atoms with Crippen LogP contribution in [0.3, 0.4) is 0 Å². The summed E-state index contributed by atoms with van der Waals surface area (Å²) in [6.07, 6.45) is 1.26. The van der Waals surface area contributed by atoms with E-state index in [4.69, 9.17) is 16.3 Å². The fourth-order valence-electron chi connectivity index (χ4n) is 2.96. The van der Waals surface area contributed by atoms with Gasteiger partial charge >= 0.3 is 6.09 Å². The lowest BCUT2D eigenvalue weighted by Crippen LogP contribution is -2.45. The monoisotopic (exact) mass is 341 g/mol. The van der Waals surface area contributed by atoms with Crippen LogP contribution in [0.2, 0.25) is 5.02 Å². The van der Waals surface area contributed by atoms with E-state index in [1.54, 1.807) is 17.0 Å². The van der Waals surface area contributed by atoms with E-state index in [9.17, 15) is 9.18 Å². The molecule has 2 atom stereocenters. The van der Waals surface area contributed by atoms with Gasteiger partial charge < -0.3 is 9.64 Å². The van der Waals surface area contributed by atoms with Crippen molar-refractivity contribution < 1.29 is 13.9 Å². The summed E-state index contributed by atoms with van der Waals surface area (Å²) in [5, 5.41) is 0.416. The van der Waals surface area contributed by atoms with Crippen LogP contribution < -0.4 is 0 Å². The fraction of sp³-hybridized carbons (Fsp3) is 0.611. The molecule has 0 aromatic heterocycles. The second kappa shape index (κ2) is 7.08. The maximum atomic E-state index is 14.0. The lowest BCUT2D eigenvalue weighted by Gasteiger charge is -2.37. The molecule has 1 fully saturated rings. The first-order valence-electron chi connectivity index (χ1n) is 8.07. The number of benzene rings is 1. The third kappa shape index (κ3) is 5.10. The number of ether oxygens (including phenoxy) is 1. The Kier molecular flexibility index (Phi) is 5.56. The van der Waals surface area contributed by atoms with Gasteiger partial charge in [-0.1, -0.05) is 24.6 Å². The van der Waals surface area contributed by atoms with Crippen molar-refractivity contribution in [1.29, 1.82) is 0 Å². The molecule has 128 valence electrons. The molecule has 1 aromatic carbocycles. The molecule has 0 saturated carbocycles. The van der Waals surface area contributed by atoms with Gasteiger partial charge in [-0.15, -0.1) is 0 Å². The summed E-state index contributed by atoms with van der Waals surface area (Å²) >= 11 is 5.80. The zero-order valence-corrected chi connectivity index (χ0v) is 15.0. The van der Waals surface area contributed by atoms with Gasteiger partial charge in [0.15, 0.2) is 0 Å². The molecular formula is C18H25ClFNO2. The Morgan fingerprint density at radius 2 is 2.13 bits per heavy atom. The number of carbonyl (C=O) groups is 1. The van der Waals surface area contributed by atoms with Crippen molar-refractivity contribution >= 4 is 17.7 Å². The van der Waals surface area contributed by atoms with Crippen molar-refractivity contribution in [1.82, 2.24) is 4.90 Å². The van der Waals surface area contributed by atoms with Gasteiger partial charge in [0.2, 0.25) is 0 Å². The van der Waals surface area contributed by atoms with E-state index in [2.05, 4.69) is 6.92 Å². The molecule has 2 rings (SSSR count). The molecule has 23 heavy (non-hydrogen) atoms. The largest absolute Gasteiger partial charge is 0.444 e. The summed E-state index contributed by atoms with van der Waals surface area (Å²) in [5.74, 6) is 0.398. The number of rotatable bonds is 2.